The van der Waals surface area contributed by atoms with Gasteiger partial charge in [-0.25, -0.2) is 4.98 Å². The van der Waals surface area contributed by atoms with Crippen molar-refractivity contribution in [1.29, 1.82) is 0 Å². The zero-order valence-corrected chi connectivity index (χ0v) is 17.7. The molecule has 0 bridgehead atoms. The van der Waals surface area contributed by atoms with E-state index in [9.17, 15) is 14.4 Å². The Hall–Kier alpha value is -3.19. The second-order valence-electron chi connectivity index (χ2n) is 6.89. The Balaban J connectivity index is 1.57. The fraction of sp³-hybridized carbons (Fsp3) is 0.217. The number of ketones is 1. The number of thioether (sulfide) groups is 1. The van der Waals surface area contributed by atoms with Crippen LogP contribution in [0.1, 0.15) is 40.5 Å². The average Bonchev–Trinajstić information content (AvgIpc) is 2.73. The molecule has 0 fully saturated rings. The minimum atomic E-state index is -0.211. The third-order valence-corrected chi connectivity index (χ3v) is 5.54. The highest BCUT2D eigenvalue weighted by atomic mass is 32.2. The van der Waals surface area contributed by atoms with Gasteiger partial charge in [-0.05, 0) is 50.1 Å². The predicted molar refractivity (Wildman–Crippen MR) is 119 cm³/mol. The number of aryl methyl sites for hydroxylation is 1. The maximum atomic E-state index is 12.5. The second-order valence-corrected chi connectivity index (χ2v) is 7.86. The lowest BCUT2D eigenvalue weighted by Crippen LogP contribution is -2.20. The highest BCUT2D eigenvalue weighted by molar-refractivity contribution is 7.98. The molecular weight excluding hydrogens is 398 g/mol. The average molecular weight is 422 g/mol. The number of hydrogen-bond acceptors (Lipinski definition) is 5. The summed E-state index contributed by atoms with van der Waals surface area (Å²) in [6.07, 6.45) is 0.464. The molecule has 6 nitrogen and oxygen atoms in total. The molecule has 2 aromatic carbocycles. The lowest BCUT2D eigenvalue weighted by Gasteiger charge is -2.08. The van der Waals surface area contributed by atoms with E-state index in [0.29, 0.717) is 39.8 Å². The molecule has 2 N–H and O–H groups in total. The van der Waals surface area contributed by atoms with Crippen molar-refractivity contribution in [3.8, 4) is 0 Å². The van der Waals surface area contributed by atoms with Crippen LogP contribution in [0.25, 0.3) is 0 Å². The predicted octanol–water partition coefficient (Wildman–Crippen LogP) is 4.14. The van der Waals surface area contributed by atoms with Crippen LogP contribution < -0.4 is 10.9 Å². The van der Waals surface area contributed by atoms with Gasteiger partial charge >= 0.3 is 0 Å². The number of anilines is 1. The minimum Gasteiger partial charge on any atom is -0.326 e. The number of Topliss-reactive ketones (excluding diaryl/α,β-unsaturated/α-hetero) is 1. The number of hydrogen-bond donors (Lipinski definition) is 2. The quantitative estimate of drug-likeness (QED) is 0.324. The fourth-order valence-electron chi connectivity index (χ4n) is 2.92. The standard InChI is InChI=1S/C23H23N3O3S/c1-15-20(12-13-21(28)25-19-10-8-18(9-11-19)16(2)27)22(29)26-23(24-15)30-14-17-6-4-3-5-7-17/h3-11H,12-14H2,1-2H3,(H,25,28)(H,24,26,29). The first-order valence-corrected chi connectivity index (χ1v) is 10.6. The zero-order chi connectivity index (χ0) is 21.5. The zero-order valence-electron chi connectivity index (χ0n) is 16.9. The Kier molecular flexibility index (Phi) is 7.19. The summed E-state index contributed by atoms with van der Waals surface area (Å²) in [6.45, 7) is 3.28. The van der Waals surface area contributed by atoms with E-state index in [0.717, 1.165) is 5.56 Å². The third-order valence-electron chi connectivity index (χ3n) is 4.60. The number of amides is 1. The molecule has 0 saturated heterocycles. The molecule has 0 radical (unpaired) electrons. The van der Waals surface area contributed by atoms with Gasteiger partial charge in [-0.3, -0.25) is 14.4 Å². The summed E-state index contributed by atoms with van der Waals surface area (Å²) in [7, 11) is 0. The summed E-state index contributed by atoms with van der Waals surface area (Å²) in [5.41, 5.74) is 3.29. The van der Waals surface area contributed by atoms with Crippen molar-refractivity contribution in [2.24, 2.45) is 0 Å². The molecule has 0 spiro atoms. The van der Waals surface area contributed by atoms with Gasteiger partial charge in [0, 0.05) is 34.7 Å². The van der Waals surface area contributed by atoms with E-state index >= 15 is 0 Å². The molecule has 7 heteroatoms. The van der Waals surface area contributed by atoms with Crippen molar-refractivity contribution in [3.05, 3.63) is 87.3 Å². The molecule has 3 aromatic rings. The van der Waals surface area contributed by atoms with E-state index in [1.54, 1.807) is 31.2 Å². The van der Waals surface area contributed by atoms with Gasteiger partial charge in [0.1, 0.15) is 0 Å². The molecule has 1 amide bonds. The van der Waals surface area contributed by atoms with E-state index in [4.69, 9.17) is 0 Å². The summed E-state index contributed by atoms with van der Waals surface area (Å²) in [4.78, 5) is 43.3. The van der Waals surface area contributed by atoms with E-state index in [1.165, 1.54) is 18.7 Å². The minimum absolute atomic E-state index is 0.0274. The van der Waals surface area contributed by atoms with Crippen LogP contribution in [0, 0.1) is 6.92 Å². The second kappa shape index (κ2) is 10.0. The topological polar surface area (TPSA) is 91.9 Å². The Morgan fingerprint density at radius 3 is 2.40 bits per heavy atom. The van der Waals surface area contributed by atoms with Gasteiger partial charge in [0.2, 0.25) is 5.91 Å². The van der Waals surface area contributed by atoms with Gasteiger partial charge in [-0.2, -0.15) is 0 Å². The van der Waals surface area contributed by atoms with Crippen molar-refractivity contribution in [3.63, 3.8) is 0 Å². The van der Waals surface area contributed by atoms with Crippen LogP contribution in [-0.4, -0.2) is 21.7 Å². The molecular formula is C23H23N3O3S. The van der Waals surface area contributed by atoms with Crippen LogP contribution in [0.15, 0.2) is 64.5 Å². The van der Waals surface area contributed by atoms with Crippen molar-refractivity contribution >= 4 is 29.1 Å². The van der Waals surface area contributed by atoms with Crippen LogP contribution in [0.3, 0.4) is 0 Å². The summed E-state index contributed by atoms with van der Waals surface area (Å²) < 4.78 is 0. The van der Waals surface area contributed by atoms with Crippen molar-refractivity contribution in [2.75, 3.05) is 5.32 Å². The first-order chi connectivity index (χ1) is 14.4. The van der Waals surface area contributed by atoms with Gasteiger partial charge in [-0.1, -0.05) is 42.1 Å². The highest BCUT2D eigenvalue weighted by Gasteiger charge is 2.12. The Labute approximate surface area is 179 Å². The molecule has 1 heterocycles. The van der Waals surface area contributed by atoms with Crippen molar-refractivity contribution in [1.82, 2.24) is 9.97 Å². The SMILES string of the molecule is CC(=O)c1ccc(NC(=O)CCc2c(C)nc(SCc3ccccc3)[nH]c2=O)cc1. The first kappa shape index (κ1) is 21.5. The molecule has 0 aliphatic carbocycles. The van der Waals surface area contributed by atoms with E-state index in [-0.39, 0.29) is 23.7 Å². The number of carbonyl (C=O) groups excluding carboxylic acids is 2. The number of aromatic nitrogens is 2. The van der Waals surface area contributed by atoms with Gasteiger partial charge in [-0.15, -0.1) is 0 Å². The molecule has 3 rings (SSSR count). The van der Waals surface area contributed by atoms with E-state index in [1.807, 2.05) is 30.3 Å². The fourth-order valence-corrected chi connectivity index (χ4v) is 3.79. The molecule has 1 aromatic heterocycles. The Morgan fingerprint density at radius 1 is 1.07 bits per heavy atom. The monoisotopic (exact) mass is 421 g/mol. The summed E-state index contributed by atoms with van der Waals surface area (Å²) >= 11 is 1.47. The van der Waals surface area contributed by atoms with Crippen LogP contribution in [0.4, 0.5) is 5.69 Å². The van der Waals surface area contributed by atoms with Crippen LogP contribution in [0.2, 0.25) is 0 Å². The van der Waals surface area contributed by atoms with Crippen LogP contribution in [0.5, 0.6) is 0 Å². The Bertz CT molecular complexity index is 1090. The van der Waals surface area contributed by atoms with Crippen molar-refractivity contribution < 1.29 is 9.59 Å². The van der Waals surface area contributed by atoms with Gasteiger partial charge in [0.15, 0.2) is 10.9 Å². The smallest absolute Gasteiger partial charge is 0.254 e. The molecule has 0 aliphatic rings. The largest absolute Gasteiger partial charge is 0.326 e. The third kappa shape index (κ3) is 5.90. The van der Waals surface area contributed by atoms with Gasteiger partial charge in [0.05, 0.1) is 0 Å². The maximum absolute atomic E-state index is 12.5. The summed E-state index contributed by atoms with van der Waals surface area (Å²) in [6, 6.07) is 16.7. The first-order valence-electron chi connectivity index (χ1n) is 9.60. The number of nitrogens with one attached hydrogen (secondary N) is 2. The highest BCUT2D eigenvalue weighted by Crippen LogP contribution is 2.19. The number of H-pyrrole nitrogens is 1. The molecule has 30 heavy (non-hydrogen) atoms. The summed E-state index contributed by atoms with van der Waals surface area (Å²) in [5, 5.41) is 3.35. The lowest BCUT2D eigenvalue weighted by atomic mass is 10.1. The Morgan fingerprint density at radius 2 is 1.77 bits per heavy atom. The van der Waals surface area contributed by atoms with Gasteiger partial charge < -0.3 is 10.3 Å². The normalized spacial score (nSPS) is 10.6. The van der Waals surface area contributed by atoms with E-state index in [2.05, 4.69) is 15.3 Å². The van der Waals surface area contributed by atoms with Crippen LogP contribution >= 0.6 is 11.8 Å². The molecule has 0 atom stereocenters. The molecule has 0 aliphatic heterocycles. The van der Waals surface area contributed by atoms with Gasteiger partial charge in [0.25, 0.3) is 5.56 Å². The molecule has 0 saturated carbocycles. The number of benzene rings is 2. The number of nitrogens with zero attached hydrogens (tertiary/aromatic N) is 1. The number of carbonyl (C=O) groups is 2. The van der Waals surface area contributed by atoms with E-state index < -0.39 is 0 Å². The maximum Gasteiger partial charge on any atom is 0.254 e. The van der Waals surface area contributed by atoms with Crippen molar-refractivity contribution in [2.45, 2.75) is 37.6 Å². The number of rotatable bonds is 8. The number of aromatic amines is 1. The summed E-state index contributed by atoms with van der Waals surface area (Å²) in [5.74, 6) is 0.486. The molecule has 0 unspecified atom stereocenters. The van der Waals surface area contributed by atoms with Crippen LogP contribution in [-0.2, 0) is 17.0 Å². The molecule has 154 valence electrons. The lowest BCUT2D eigenvalue weighted by molar-refractivity contribution is -0.116.